The van der Waals surface area contributed by atoms with E-state index in [-0.39, 0.29) is 6.10 Å². The largest absolute Gasteiger partial charge is 0.473 e. The molecule has 1 heterocycles. The van der Waals surface area contributed by atoms with E-state index < -0.39 is 0 Å². The van der Waals surface area contributed by atoms with Gasteiger partial charge in [0, 0.05) is 20.1 Å². The van der Waals surface area contributed by atoms with Gasteiger partial charge in [0.05, 0.1) is 17.4 Å². The molecule has 5 nitrogen and oxygen atoms in total. The zero-order valence-electron chi connectivity index (χ0n) is 13.4. The molecule has 2 rings (SSSR count). The highest BCUT2D eigenvalue weighted by Crippen LogP contribution is 2.28. The van der Waals surface area contributed by atoms with Crippen molar-refractivity contribution >= 4 is 0 Å². The number of nitrogens with zero attached hydrogens (tertiary/aromatic N) is 3. The Morgan fingerprint density at radius 1 is 1.52 bits per heavy atom. The molecule has 0 amide bonds. The zero-order chi connectivity index (χ0) is 15.4. The zero-order valence-corrected chi connectivity index (χ0v) is 13.4. The van der Waals surface area contributed by atoms with Crippen LogP contribution < -0.4 is 4.74 Å². The third-order valence-corrected chi connectivity index (χ3v) is 4.22. The molecule has 1 fully saturated rings. The fraction of sp³-hybridized carbons (Fsp3) is 0.688. The fourth-order valence-corrected chi connectivity index (χ4v) is 3.15. The molecular weight excluding hydrogens is 266 g/mol. The summed E-state index contributed by atoms with van der Waals surface area (Å²) < 4.78 is 7.52. The summed E-state index contributed by atoms with van der Waals surface area (Å²) in [5.41, 5.74) is 2.12. The van der Waals surface area contributed by atoms with Crippen LogP contribution in [0.2, 0.25) is 0 Å². The smallest absolute Gasteiger partial charge is 0.216 e. The van der Waals surface area contributed by atoms with E-state index in [1.807, 2.05) is 14.0 Å². The number of ether oxygens (including phenoxy) is 1. The lowest BCUT2D eigenvalue weighted by atomic mass is 10.1. The van der Waals surface area contributed by atoms with Crippen LogP contribution in [-0.4, -0.2) is 46.1 Å². The van der Waals surface area contributed by atoms with Crippen LogP contribution in [-0.2, 0) is 13.6 Å². The normalized spacial score (nSPS) is 22.0. The third kappa shape index (κ3) is 3.86. The quantitative estimate of drug-likeness (QED) is 0.780. The highest BCUT2D eigenvalue weighted by Gasteiger charge is 2.27. The van der Waals surface area contributed by atoms with E-state index in [0.29, 0.717) is 12.5 Å². The molecule has 0 saturated heterocycles. The summed E-state index contributed by atoms with van der Waals surface area (Å²) in [5, 5.41) is 14.4. The van der Waals surface area contributed by atoms with E-state index in [0.717, 1.165) is 49.5 Å². The second-order valence-corrected chi connectivity index (χ2v) is 6.05. The highest BCUT2D eigenvalue weighted by molar-refractivity contribution is 5.31. The van der Waals surface area contributed by atoms with Crippen LogP contribution >= 0.6 is 0 Å². The number of aliphatic hydroxyl groups is 1. The average Bonchev–Trinajstić information content (AvgIpc) is 2.93. The van der Waals surface area contributed by atoms with Gasteiger partial charge in [0.1, 0.15) is 6.61 Å². The van der Waals surface area contributed by atoms with Crippen molar-refractivity contribution in [2.24, 2.45) is 13.0 Å². The molecule has 0 bridgehead atoms. The molecule has 21 heavy (non-hydrogen) atoms. The Morgan fingerprint density at radius 2 is 2.29 bits per heavy atom. The van der Waals surface area contributed by atoms with Crippen molar-refractivity contribution in [3.8, 4) is 5.88 Å². The van der Waals surface area contributed by atoms with Gasteiger partial charge in [0.25, 0.3) is 0 Å². The van der Waals surface area contributed by atoms with Gasteiger partial charge >= 0.3 is 0 Å². The Labute approximate surface area is 127 Å². The molecule has 5 heteroatoms. The van der Waals surface area contributed by atoms with E-state index in [1.54, 1.807) is 10.8 Å². The number of aliphatic hydroxyl groups excluding tert-OH is 1. The van der Waals surface area contributed by atoms with E-state index in [1.165, 1.54) is 0 Å². The SMILES string of the molecule is C=CCOc1c(CN(C)CC2CCCC2O)c(C)nn1C. The molecule has 1 N–H and O–H groups in total. The van der Waals surface area contributed by atoms with Gasteiger partial charge in [-0.25, -0.2) is 4.68 Å². The van der Waals surface area contributed by atoms with E-state index >= 15 is 0 Å². The first-order valence-electron chi connectivity index (χ1n) is 7.65. The van der Waals surface area contributed by atoms with Crippen LogP contribution in [0.15, 0.2) is 12.7 Å². The molecule has 1 saturated carbocycles. The number of rotatable bonds is 7. The predicted molar refractivity (Wildman–Crippen MR) is 83.3 cm³/mol. The maximum absolute atomic E-state index is 9.95. The summed E-state index contributed by atoms with van der Waals surface area (Å²) in [4.78, 5) is 2.25. The van der Waals surface area contributed by atoms with Crippen molar-refractivity contribution in [1.29, 1.82) is 0 Å². The fourth-order valence-electron chi connectivity index (χ4n) is 3.15. The molecule has 2 unspecified atom stereocenters. The lowest BCUT2D eigenvalue weighted by Gasteiger charge is -2.23. The van der Waals surface area contributed by atoms with Gasteiger partial charge in [0.15, 0.2) is 0 Å². The molecule has 118 valence electrons. The average molecular weight is 293 g/mol. The summed E-state index contributed by atoms with van der Waals surface area (Å²) in [7, 11) is 3.99. The van der Waals surface area contributed by atoms with Crippen LogP contribution in [0.5, 0.6) is 5.88 Å². The number of hydrogen-bond donors (Lipinski definition) is 1. The minimum Gasteiger partial charge on any atom is -0.473 e. The molecule has 0 radical (unpaired) electrons. The topological polar surface area (TPSA) is 50.5 Å². The highest BCUT2D eigenvalue weighted by atomic mass is 16.5. The Morgan fingerprint density at radius 3 is 2.90 bits per heavy atom. The van der Waals surface area contributed by atoms with Crippen molar-refractivity contribution in [3.63, 3.8) is 0 Å². The second-order valence-electron chi connectivity index (χ2n) is 6.05. The first-order valence-corrected chi connectivity index (χ1v) is 7.65. The van der Waals surface area contributed by atoms with Gasteiger partial charge in [0.2, 0.25) is 5.88 Å². The Bertz CT molecular complexity index is 484. The Kier molecular flexibility index (Phi) is 5.42. The van der Waals surface area contributed by atoms with E-state index in [4.69, 9.17) is 4.74 Å². The third-order valence-electron chi connectivity index (χ3n) is 4.22. The van der Waals surface area contributed by atoms with Gasteiger partial charge in [-0.2, -0.15) is 5.10 Å². The Balaban J connectivity index is 2.02. The van der Waals surface area contributed by atoms with Crippen molar-refractivity contribution in [1.82, 2.24) is 14.7 Å². The van der Waals surface area contributed by atoms with E-state index in [9.17, 15) is 5.11 Å². The maximum atomic E-state index is 9.95. The Hall–Kier alpha value is -1.33. The molecular formula is C16H27N3O2. The molecule has 0 spiro atoms. The van der Waals surface area contributed by atoms with Gasteiger partial charge in [-0.05, 0) is 32.7 Å². The second kappa shape index (κ2) is 7.09. The monoisotopic (exact) mass is 293 g/mol. The van der Waals surface area contributed by atoms with Crippen LogP contribution in [0, 0.1) is 12.8 Å². The first-order chi connectivity index (χ1) is 10.0. The lowest BCUT2D eigenvalue weighted by molar-refractivity contribution is 0.107. The van der Waals surface area contributed by atoms with Gasteiger partial charge < -0.3 is 14.7 Å². The summed E-state index contributed by atoms with van der Waals surface area (Å²) in [5.74, 6) is 1.20. The molecule has 1 aliphatic carbocycles. The van der Waals surface area contributed by atoms with Crippen LogP contribution in [0.4, 0.5) is 0 Å². The number of aromatic nitrogens is 2. The van der Waals surface area contributed by atoms with Crippen LogP contribution in [0.25, 0.3) is 0 Å². The van der Waals surface area contributed by atoms with Gasteiger partial charge in [-0.15, -0.1) is 0 Å². The first kappa shape index (κ1) is 16.0. The van der Waals surface area contributed by atoms with Crippen LogP contribution in [0.3, 0.4) is 0 Å². The standard InChI is InChI=1S/C16H27N3O2/c1-5-9-21-16-14(12(2)17-19(16)4)11-18(3)10-13-7-6-8-15(13)20/h5,13,15,20H,1,6-11H2,2-4H3. The minimum absolute atomic E-state index is 0.140. The van der Waals surface area contributed by atoms with Crippen molar-refractivity contribution in [2.75, 3.05) is 20.2 Å². The van der Waals surface area contributed by atoms with Gasteiger partial charge in [-0.1, -0.05) is 19.1 Å². The lowest BCUT2D eigenvalue weighted by Crippen LogP contribution is -2.29. The molecule has 1 aromatic rings. The number of aryl methyl sites for hydroxylation is 2. The summed E-state index contributed by atoms with van der Waals surface area (Å²) in [6.45, 7) is 7.88. The van der Waals surface area contributed by atoms with Crippen molar-refractivity contribution in [2.45, 2.75) is 38.8 Å². The number of hydrogen-bond acceptors (Lipinski definition) is 4. The molecule has 0 aliphatic heterocycles. The molecule has 1 aromatic heterocycles. The molecule has 2 atom stereocenters. The predicted octanol–water partition coefficient (Wildman–Crippen LogP) is 1.89. The molecule has 1 aliphatic rings. The van der Waals surface area contributed by atoms with Gasteiger partial charge in [-0.3, -0.25) is 0 Å². The minimum atomic E-state index is -0.140. The summed E-state index contributed by atoms with van der Waals surface area (Å²) in [6.07, 6.45) is 4.80. The molecule has 0 aromatic carbocycles. The van der Waals surface area contributed by atoms with Crippen molar-refractivity contribution < 1.29 is 9.84 Å². The van der Waals surface area contributed by atoms with E-state index in [2.05, 4.69) is 23.6 Å². The van der Waals surface area contributed by atoms with Crippen molar-refractivity contribution in [3.05, 3.63) is 23.9 Å². The summed E-state index contributed by atoms with van der Waals surface area (Å²) in [6, 6.07) is 0. The maximum Gasteiger partial charge on any atom is 0.216 e. The van der Waals surface area contributed by atoms with Crippen LogP contribution in [0.1, 0.15) is 30.5 Å². The summed E-state index contributed by atoms with van der Waals surface area (Å²) >= 11 is 0.